The molecule has 4 heterocycles. The molecule has 2 aliphatic rings. The third-order valence-corrected chi connectivity index (χ3v) is 7.27. The third-order valence-electron chi connectivity index (χ3n) is 6.09. The van der Waals surface area contributed by atoms with Crippen LogP contribution < -0.4 is 4.90 Å². The highest BCUT2D eigenvalue weighted by molar-refractivity contribution is 7.19. The van der Waals surface area contributed by atoms with Crippen molar-refractivity contribution in [1.29, 1.82) is 0 Å². The maximum Gasteiger partial charge on any atom is 0.409 e. The number of aromatic nitrogens is 4. The second-order valence-corrected chi connectivity index (χ2v) is 9.33. The predicted molar refractivity (Wildman–Crippen MR) is 121 cm³/mol. The van der Waals surface area contributed by atoms with E-state index in [1.807, 2.05) is 42.9 Å². The summed E-state index contributed by atoms with van der Waals surface area (Å²) in [5.41, 5.74) is 3.40. The van der Waals surface area contributed by atoms with Crippen molar-refractivity contribution in [2.75, 3.05) is 37.7 Å². The van der Waals surface area contributed by atoms with E-state index < -0.39 is 0 Å². The van der Waals surface area contributed by atoms with Crippen LogP contribution in [0.25, 0.3) is 16.2 Å². The highest BCUT2D eigenvalue weighted by atomic mass is 32.1. The number of nitrogens with zero attached hydrogens (tertiary/aromatic N) is 6. The summed E-state index contributed by atoms with van der Waals surface area (Å²) in [6.45, 7) is 8.98. The molecule has 0 N–H and O–H groups in total. The van der Waals surface area contributed by atoms with Gasteiger partial charge in [0.2, 0.25) is 0 Å². The van der Waals surface area contributed by atoms with Gasteiger partial charge in [0, 0.05) is 36.8 Å². The molecule has 0 bridgehead atoms. The standard InChI is InChI=1S/C22H28N6O2S/c1-4-30-22(29)27-11-9-26(10-12-27)19-18-16-7-5-6-8-17(16)31-20(18)24-21(23-19)28-15(3)13-14(2)25-28/h13H,4-12H2,1-3H3. The van der Waals surface area contributed by atoms with Crippen LogP contribution in [0, 0.1) is 13.8 Å². The van der Waals surface area contributed by atoms with E-state index >= 15 is 0 Å². The number of carbonyl (C=O) groups excluding carboxylic acids is 1. The Kier molecular flexibility index (Phi) is 5.29. The summed E-state index contributed by atoms with van der Waals surface area (Å²) < 4.78 is 7.02. The van der Waals surface area contributed by atoms with Gasteiger partial charge in [-0.15, -0.1) is 11.3 Å². The Balaban J connectivity index is 1.56. The number of hydrogen-bond acceptors (Lipinski definition) is 7. The summed E-state index contributed by atoms with van der Waals surface area (Å²) in [5, 5.41) is 5.82. The fourth-order valence-electron chi connectivity index (χ4n) is 4.60. The lowest BCUT2D eigenvalue weighted by Gasteiger charge is -2.35. The molecule has 0 atom stereocenters. The van der Waals surface area contributed by atoms with Crippen molar-refractivity contribution >= 4 is 33.5 Å². The topological polar surface area (TPSA) is 76.4 Å². The van der Waals surface area contributed by atoms with Crippen LogP contribution in [0.4, 0.5) is 10.6 Å². The third kappa shape index (κ3) is 3.64. The lowest BCUT2D eigenvalue weighted by molar-refractivity contribution is 0.105. The van der Waals surface area contributed by atoms with Gasteiger partial charge in [0.15, 0.2) is 0 Å². The molecule has 0 unspecified atom stereocenters. The minimum Gasteiger partial charge on any atom is -0.450 e. The number of thiophene rings is 1. The molecule has 31 heavy (non-hydrogen) atoms. The monoisotopic (exact) mass is 440 g/mol. The number of hydrogen-bond donors (Lipinski definition) is 0. The molecule has 3 aromatic rings. The fraction of sp³-hybridized carbons (Fsp3) is 0.545. The van der Waals surface area contributed by atoms with Crippen LogP contribution in [0.5, 0.6) is 0 Å². The molecule has 3 aromatic heterocycles. The molecule has 0 spiro atoms. The summed E-state index contributed by atoms with van der Waals surface area (Å²) in [7, 11) is 0. The normalized spacial score (nSPS) is 16.6. The molecule has 164 valence electrons. The molecule has 1 saturated heterocycles. The molecular weight excluding hydrogens is 412 g/mol. The van der Waals surface area contributed by atoms with Crippen molar-refractivity contribution in [3.05, 3.63) is 27.9 Å². The quantitative estimate of drug-likeness (QED) is 0.619. The van der Waals surface area contributed by atoms with Gasteiger partial charge in [-0.2, -0.15) is 15.1 Å². The van der Waals surface area contributed by atoms with E-state index in [1.54, 1.807) is 4.90 Å². The first-order chi connectivity index (χ1) is 15.0. The molecule has 1 fully saturated rings. The first-order valence-electron chi connectivity index (χ1n) is 11.1. The molecule has 9 heteroatoms. The van der Waals surface area contributed by atoms with Gasteiger partial charge in [0.1, 0.15) is 10.6 Å². The number of anilines is 1. The van der Waals surface area contributed by atoms with E-state index in [4.69, 9.17) is 14.7 Å². The maximum absolute atomic E-state index is 12.1. The average molecular weight is 441 g/mol. The maximum atomic E-state index is 12.1. The minimum absolute atomic E-state index is 0.230. The van der Waals surface area contributed by atoms with Gasteiger partial charge < -0.3 is 14.5 Å². The molecule has 5 rings (SSSR count). The number of fused-ring (bicyclic) bond motifs is 3. The Hall–Kier alpha value is -2.68. The van der Waals surface area contributed by atoms with Gasteiger partial charge in [-0.1, -0.05) is 0 Å². The van der Waals surface area contributed by atoms with Crippen molar-refractivity contribution in [1.82, 2.24) is 24.6 Å². The van der Waals surface area contributed by atoms with Crippen LogP contribution in [0.15, 0.2) is 6.07 Å². The first kappa shape index (κ1) is 20.2. The molecular formula is C22H28N6O2S. The SMILES string of the molecule is CCOC(=O)N1CCN(c2nc(-n3nc(C)cc3C)nc3sc4c(c23)CCCC4)CC1. The number of rotatable bonds is 3. The largest absolute Gasteiger partial charge is 0.450 e. The lowest BCUT2D eigenvalue weighted by Crippen LogP contribution is -2.49. The van der Waals surface area contributed by atoms with Gasteiger partial charge in [-0.25, -0.2) is 9.48 Å². The van der Waals surface area contributed by atoms with Crippen molar-refractivity contribution in [3.8, 4) is 5.95 Å². The average Bonchev–Trinajstić information content (AvgIpc) is 3.32. The summed E-state index contributed by atoms with van der Waals surface area (Å²) in [6.07, 6.45) is 4.44. The van der Waals surface area contributed by atoms with Crippen LogP contribution in [0.1, 0.15) is 41.6 Å². The molecule has 0 aromatic carbocycles. The molecule has 0 saturated carbocycles. The second-order valence-electron chi connectivity index (χ2n) is 8.25. The second kappa shape index (κ2) is 8.11. The van der Waals surface area contributed by atoms with E-state index in [9.17, 15) is 4.79 Å². The van der Waals surface area contributed by atoms with Crippen LogP contribution in [-0.4, -0.2) is 63.5 Å². The fourth-order valence-corrected chi connectivity index (χ4v) is 5.85. The first-order valence-corrected chi connectivity index (χ1v) is 11.9. The van der Waals surface area contributed by atoms with E-state index in [0.29, 0.717) is 25.6 Å². The Morgan fingerprint density at radius 3 is 2.61 bits per heavy atom. The van der Waals surface area contributed by atoms with Crippen molar-refractivity contribution < 1.29 is 9.53 Å². The number of aryl methyl sites for hydroxylation is 4. The van der Waals surface area contributed by atoms with Crippen molar-refractivity contribution in [3.63, 3.8) is 0 Å². The zero-order valence-corrected chi connectivity index (χ0v) is 19.2. The Labute approximate surface area is 185 Å². The van der Waals surface area contributed by atoms with E-state index in [2.05, 4.69) is 10.00 Å². The molecule has 1 aliphatic heterocycles. The van der Waals surface area contributed by atoms with Crippen LogP contribution in [-0.2, 0) is 17.6 Å². The van der Waals surface area contributed by atoms with Crippen LogP contribution in [0.2, 0.25) is 0 Å². The molecule has 1 aliphatic carbocycles. The highest BCUT2D eigenvalue weighted by Crippen LogP contribution is 2.40. The van der Waals surface area contributed by atoms with Gasteiger partial charge in [0.05, 0.1) is 17.7 Å². The number of carbonyl (C=O) groups is 1. The van der Waals surface area contributed by atoms with Crippen LogP contribution >= 0.6 is 11.3 Å². The Bertz CT molecular complexity index is 1130. The van der Waals surface area contributed by atoms with Gasteiger partial charge >= 0.3 is 6.09 Å². The number of ether oxygens (including phenoxy) is 1. The van der Waals surface area contributed by atoms with Gasteiger partial charge in [0.25, 0.3) is 5.95 Å². The number of piperazine rings is 1. The Morgan fingerprint density at radius 2 is 1.90 bits per heavy atom. The number of amides is 1. The van der Waals surface area contributed by atoms with Crippen molar-refractivity contribution in [2.45, 2.75) is 46.5 Å². The van der Waals surface area contributed by atoms with Crippen LogP contribution in [0.3, 0.4) is 0 Å². The van der Waals surface area contributed by atoms with E-state index in [0.717, 1.165) is 48.0 Å². The Morgan fingerprint density at radius 1 is 1.13 bits per heavy atom. The highest BCUT2D eigenvalue weighted by Gasteiger charge is 2.28. The summed E-state index contributed by atoms with van der Waals surface area (Å²) in [6, 6.07) is 2.05. The summed E-state index contributed by atoms with van der Waals surface area (Å²) in [5.74, 6) is 1.61. The zero-order valence-electron chi connectivity index (χ0n) is 18.3. The molecule has 1 amide bonds. The summed E-state index contributed by atoms with van der Waals surface area (Å²) in [4.78, 5) is 28.7. The smallest absolute Gasteiger partial charge is 0.409 e. The molecule has 8 nitrogen and oxygen atoms in total. The predicted octanol–water partition coefficient (Wildman–Crippen LogP) is 3.65. The lowest BCUT2D eigenvalue weighted by atomic mass is 9.97. The van der Waals surface area contributed by atoms with Gasteiger partial charge in [-0.05, 0) is 58.1 Å². The minimum atomic E-state index is -0.230. The van der Waals surface area contributed by atoms with Crippen molar-refractivity contribution in [2.24, 2.45) is 0 Å². The zero-order chi connectivity index (χ0) is 21.5. The van der Waals surface area contributed by atoms with Gasteiger partial charge in [-0.3, -0.25) is 0 Å². The molecule has 0 radical (unpaired) electrons. The van der Waals surface area contributed by atoms with E-state index in [-0.39, 0.29) is 6.09 Å². The summed E-state index contributed by atoms with van der Waals surface area (Å²) >= 11 is 1.81. The van der Waals surface area contributed by atoms with E-state index in [1.165, 1.54) is 28.7 Å².